The first-order valence-corrected chi connectivity index (χ1v) is 6.69. The number of hydrogen-bond donors (Lipinski definition) is 0. The number of morpholine rings is 1. The van der Waals surface area contributed by atoms with E-state index in [-0.39, 0.29) is 5.60 Å². The standard InChI is InChI=1S/C13H19N5O/c1-4-13(3)9-17(7-8-19-13)12-6-5-11-15-14-10(2)18(11)16-12/h5-6H,4,7-9H2,1-3H3. The van der Waals surface area contributed by atoms with Gasteiger partial charge in [-0.25, -0.2) is 0 Å². The van der Waals surface area contributed by atoms with Crippen molar-refractivity contribution < 1.29 is 4.74 Å². The molecule has 1 atom stereocenters. The van der Waals surface area contributed by atoms with Gasteiger partial charge in [0.15, 0.2) is 11.5 Å². The van der Waals surface area contributed by atoms with Crippen LogP contribution in [0, 0.1) is 6.92 Å². The third-order valence-corrected chi connectivity index (χ3v) is 3.81. The minimum atomic E-state index is -0.0862. The van der Waals surface area contributed by atoms with Crippen LogP contribution < -0.4 is 4.90 Å². The topological polar surface area (TPSA) is 55.6 Å². The summed E-state index contributed by atoms with van der Waals surface area (Å²) in [6.07, 6.45) is 0.997. The molecule has 2 aromatic rings. The predicted molar refractivity (Wildman–Crippen MR) is 72.4 cm³/mol. The molecule has 1 saturated heterocycles. The summed E-state index contributed by atoms with van der Waals surface area (Å²) in [5.41, 5.74) is 0.699. The van der Waals surface area contributed by atoms with Crippen molar-refractivity contribution in [2.75, 3.05) is 24.6 Å². The minimum absolute atomic E-state index is 0.0862. The fourth-order valence-corrected chi connectivity index (χ4v) is 2.40. The fourth-order valence-electron chi connectivity index (χ4n) is 2.40. The van der Waals surface area contributed by atoms with Crippen molar-refractivity contribution in [2.45, 2.75) is 32.8 Å². The molecule has 0 aliphatic carbocycles. The number of hydrogen-bond acceptors (Lipinski definition) is 5. The second-order valence-corrected chi connectivity index (χ2v) is 5.28. The van der Waals surface area contributed by atoms with E-state index < -0.39 is 0 Å². The maximum Gasteiger partial charge on any atom is 0.178 e. The van der Waals surface area contributed by atoms with Crippen molar-refractivity contribution in [1.82, 2.24) is 19.8 Å². The number of nitrogens with zero attached hydrogens (tertiary/aromatic N) is 5. The first-order chi connectivity index (χ1) is 9.11. The molecule has 0 spiro atoms. The molecule has 0 bridgehead atoms. The molecule has 2 aromatic heterocycles. The van der Waals surface area contributed by atoms with Gasteiger partial charge in [-0.1, -0.05) is 6.92 Å². The quantitative estimate of drug-likeness (QED) is 0.818. The van der Waals surface area contributed by atoms with Gasteiger partial charge in [-0.3, -0.25) is 0 Å². The first-order valence-electron chi connectivity index (χ1n) is 6.69. The number of fused-ring (bicyclic) bond motifs is 1. The van der Waals surface area contributed by atoms with Crippen LogP contribution in [0.1, 0.15) is 26.1 Å². The van der Waals surface area contributed by atoms with Crippen molar-refractivity contribution in [3.8, 4) is 0 Å². The maximum absolute atomic E-state index is 5.86. The monoisotopic (exact) mass is 261 g/mol. The van der Waals surface area contributed by atoms with Crippen molar-refractivity contribution in [1.29, 1.82) is 0 Å². The predicted octanol–water partition coefficient (Wildman–Crippen LogP) is 1.44. The van der Waals surface area contributed by atoms with E-state index in [4.69, 9.17) is 4.74 Å². The Hall–Kier alpha value is -1.69. The summed E-state index contributed by atoms with van der Waals surface area (Å²) >= 11 is 0. The highest BCUT2D eigenvalue weighted by atomic mass is 16.5. The number of ether oxygens (including phenoxy) is 1. The van der Waals surface area contributed by atoms with Crippen LogP contribution >= 0.6 is 0 Å². The van der Waals surface area contributed by atoms with Crippen LogP contribution in [0.3, 0.4) is 0 Å². The van der Waals surface area contributed by atoms with Gasteiger partial charge in [-0.2, -0.15) is 4.52 Å². The highest BCUT2D eigenvalue weighted by Crippen LogP contribution is 2.24. The van der Waals surface area contributed by atoms with Gasteiger partial charge in [-0.15, -0.1) is 15.3 Å². The molecule has 0 amide bonds. The molecule has 6 heteroatoms. The molecule has 1 aliphatic heterocycles. The Morgan fingerprint density at radius 3 is 3.00 bits per heavy atom. The number of aromatic nitrogens is 4. The third-order valence-electron chi connectivity index (χ3n) is 3.81. The smallest absolute Gasteiger partial charge is 0.178 e. The lowest BCUT2D eigenvalue weighted by Gasteiger charge is -2.40. The lowest BCUT2D eigenvalue weighted by atomic mass is 10.0. The molecular formula is C13H19N5O. The molecule has 0 N–H and O–H groups in total. The maximum atomic E-state index is 5.86. The van der Waals surface area contributed by atoms with E-state index >= 15 is 0 Å². The van der Waals surface area contributed by atoms with E-state index in [0.717, 1.165) is 43.4 Å². The second-order valence-electron chi connectivity index (χ2n) is 5.28. The minimum Gasteiger partial charge on any atom is -0.372 e. The Morgan fingerprint density at radius 1 is 1.37 bits per heavy atom. The molecule has 1 fully saturated rings. The number of aryl methyl sites for hydroxylation is 1. The van der Waals surface area contributed by atoms with Crippen LogP contribution in [0.2, 0.25) is 0 Å². The average molecular weight is 261 g/mol. The molecule has 102 valence electrons. The van der Waals surface area contributed by atoms with Gasteiger partial charge in [-0.05, 0) is 32.4 Å². The van der Waals surface area contributed by atoms with Crippen LogP contribution in [-0.4, -0.2) is 45.1 Å². The summed E-state index contributed by atoms with van der Waals surface area (Å²) in [5.74, 6) is 1.77. The zero-order valence-corrected chi connectivity index (χ0v) is 11.6. The van der Waals surface area contributed by atoms with Crippen LogP contribution in [0.5, 0.6) is 0 Å². The first kappa shape index (κ1) is 12.3. The molecule has 0 radical (unpaired) electrons. The number of anilines is 1. The summed E-state index contributed by atoms with van der Waals surface area (Å²) < 4.78 is 7.65. The Balaban J connectivity index is 1.93. The van der Waals surface area contributed by atoms with Crippen molar-refractivity contribution in [3.63, 3.8) is 0 Å². The van der Waals surface area contributed by atoms with Crippen LogP contribution in [0.15, 0.2) is 12.1 Å². The summed E-state index contributed by atoms with van der Waals surface area (Å²) in [6, 6.07) is 3.96. The van der Waals surface area contributed by atoms with Crippen LogP contribution in [-0.2, 0) is 4.74 Å². The highest BCUT2D eigenvalue weighted by Gasteiger charge is 2.31. The molecule has 1 aliphatic rings. The van der Waals surface area contributed by atoms with E-state index in [0.29, 0.717) is 0 Å². The van der Waals surface area contributed by atoms with Gasteiger partial charge < -0.3 is 9.64 Å². The van der Waals surface area contributed by atoms with Crippen LogP contribution in [0.25, 0.3) is 5.65 Å². The molecule has 3 rings (SSSR count). The fraction of sp³-hybridized carbons (Fsp3) is 0.615. The van der Waals surface area contributed by atoms with Gasteiger partial charge in [0.2, 0.25) is 0 Å². The van der Waals surface area contributed by atoms with Gasteiger partial charge in [0.1, 0.15) is 5.82 Å². The molecule has 0 aromatic carbocycles. The summed E-state index contributed by atoms with van der Waals surface area (Å²) in [6.45, 7) is 8.70. The largest absolute Gasteiger partial charge is 0.372 e. The summed E-state index contributed by atoms with van der Waals surface area (Å²) in [5, 5.41) is 12.7. The van der Waals surface area contributed by atoms with Crippen LogP contribution in [0.4, 0.5) is 5.82 Å². The Labute approximate surface area is 112 Å². The molecule has 19 heavy (non-hydrogen) atoms. The van der Waals surface area contributed by atoms with Crippen molar-refractivity contribution >= 4 is 11.5 Å². The third kappa shape index (κ3) is 2.16. The van der Waals surface area contributed by atoms with Crippen molar-refractivity contribution in [2.24, 2.45) is 0 Å². The lowest BCUT2D eigenvalue weighted by molar-refractivity contribution is -0.0443. The zero-order chi connectivity index (χ0) is 13.5. The summed E-state index contributed by atoms with van der Waals surface area (Å²) in [7, 11) is 0. The SMILES string of the molecule is CCC1(C)CN(c2ccc3nnc(C)n3n2)CCO1. The van der Waals surface area contributed by atoms with E-state index in [1.54, 1.807) is 4.52 Å². The van der Waals surface area contributed by atoms with Gasteiger partial charge in [0.25, 0.3) is 0 Å². The van der Waals surface area contributed by atoms with E-state index in [2.05, 4.69) is 34.0 Å². The Bertz CT molecular complexity index is 596. The molecule has 0 saturated carbocycles. The average Bonchev–Trinajstić information content (AvgIpc) is 2.80. The molecule has 6 nitrogen and oxygen atoms in total. The Morgan fingerprint density at radius 2 is 2.21 bits per heavy atom. The van der Waals surface area contributed by atoms with Crippen molar-refractivity contribution in [3.05, 3.63) is 18.0 Å². The molecule has 1 unspecified atom stereocenters. The second kappa shape index (κ2) is 4.45. The molecular weight excluding hydrogens is 242 g/mol. The number of rotatable bonds is 2. The van der Waals surface area contributed by atoms with E-state index in [1.165, 1.54) is 0 Å². The normalized spacial score (nSPS) is 24.1. The van der Waals surface area contributed by atoms with Gasteiger partial charge in [0, 0.05) is 13.1 Å². The van der Waals surface area contributed by atoms with Gasteiger partial charge >= 0.3 is 0 Å². The van der Waals surface area contributed by atoms with Gasteiger partial charge in [0.05, 0.1) is 12.2 Å². The molecule has 3 heterocycles. The zero-order valence-electron chi connectivity index (χ0n) is 11.6. The Kier molecular flexibility index (Phi) is 2.89. The summed E-state index contributed by atoms with van der Waals surface area (Å²) in [4.78, 5) is 2.27. The highest BCUT2D eigenvalue weighted by molar-refractivity contribution is 5.46. The van der Waals surface area contributed by atoms with E-state index in [1.807, 2.05) is 19.1 Å². The lowest BCUT2D eigenvalue weighted by Crippen LogP contribution is -2.50. The van der Waals surface area contributed by atoms with E-state index in [9.17, 15) is 0 Å².